The van der Waals surface area contributed by atoms with Gasteiger partial charge < -0.3 is 14.4 Å². The summed E-state index contributed by atoms with van der Waals surface area (Å²) in [6.07, 6.45) is 0.568. The molecule has 4 amide bonds. The Hall–Kier alpha value is -3.15. The van der Waals surface area contributed by atoms with Crippen LogP contribution in [0.15, 0.2) is 42.6 Å². The van der Waals surface area contributed by atoms with E-state index >= 15 is 0 Å². The summed E-state index contributed by atoms with van der Waals surface area (Å²) in [6.45, 7) is 10.0. The standard InChI is InChI=1S/C24H34N4O7/c1-17(25-22(30)35-24(2,3)4)15-32-12-13-33-26-21(29)20-11-10-19-14-27(20)23(31)28(19)34-16-18-8-6-5-7-9-18/h5-9,19-20H,1,10-16H2,2-4H3,(H,25,30)(H,26,29)/t19-,20+/m1/s1. The van der Waals surface area contributed by atoms with Gasteiger partial charge in [0.1, 0.15) is 18.2 Å². The minimum atomic E-state index is -0.622. The number of carbonyl (C=O) groups is 3. The third-order valence-electron chi connectivity index (χ3n) is 5.30. The molecule has 3 rings (SSSR count). The Bertz CT molecular complexity index is 903. The molecule has 1 aromatic carbocycles. The summed E-state index contributed by atoms with van der Waals surface area (Å²) >= 11 is 0. The van der Waals surface area contributed by atoms with Crippen molar-refractivity contribution in [2.45, 2.75) is 57.9 Å². The molecule has 2 heterocycles. The van der Waals surface area contributed by atoms with Gasteiger partial charge in [-0.2, -0.15) is 5.06 Å². The molecule has 0 radical (unpaired) electrons. The Morgan fingerprint density at radius 1 is 1.14 bits per heavy atom. The molecule has 0 saturated carbocycles. The normalized spacial score (nSPS) is 19.5. The van der Waals surface area contributed by atoms with Crippen molar-refractivity contribution in [3.8, 4) is 0 Å². The van der Waals surface area contributed by atoms with Crippen molar-refractivity contribution in [2.24, 2.45) is 0 Å². The summed E-state index contributed by atoms with van der Waals surface area (Å²) in [4.78, 5) is 49.5. The lowest BCUT2D eigenvalue weighted by Crippen LogP contribution is -2.49. The summed E-state index contributed by atoms with van der Waals surface area (Å²) in [5, 5.41) is 3.87. The summed E-state index contributed by atoms with van der Waals surface area (Å²) < 4.78 is 10.5. The molecule has 192 valence electrons. The van der Waals surface area contributed by atoms with E-state index in [1.807, 2.05) is 30.3 Å². The van der Waals surface area contributed by atoms with E-state index in [9.17, 15) is 14.4 Å². The van der Waals surface area contributed by atoms with Gasteiger partial charge >= 0.3 is 12.1 Å². The van der Waals surface area contributed by atoms with Crippen molar-refractivity contribution in [1.29, 1.82) is 0 Å². The third kappa shape index (κ3) is 7.94. The quantitative estimate of drug-likeness (QED) is 0.361. The first kappa shape index (κ1) is 26.5. The van der Waals surface area contributed by atoms with E-state index in [1.165, 1.54) is 9.96 Å². The number of benzene rings is 1. The van der Waals surface area contributed by atoms with Crippen LogP contribution < -0.4 is 10.8 Å². The first-order valence-electron chi connectivity index (χ1n) is 11.6. The Labute approximate surface area is 205 Å². The zero-order valence-electron chi connectivity index (χ0n) is 20.5. The highest BCUT2D eigenvalue weighted by atomic mass is 16.7. The fraction of sp³-hybridized carbons (Fsp3) is 0.542. The maximum Gasteiger partial charge on any atom is 0.411 e. The molecule has 2 fully saturated rings. The Balaban J connectivity index is 1.32. The number of hydrogen-bond donors (Lipinski definition) is 2. The summed E-state index contributed by atoms with van der Waals surface area (Å²) in [7, 11) is 0. The van der Waals surface area contributed by atoms with Crippen LogP contribution >= 0.6 is 0 Å². The molecule has 2 atom stereocenters. The van der Waals surface area contributed by atoms with Gasteiger partial charge in [0.15, 0.2) is 0 Å². The van der Waals surface area contributed by atoms with Crippen molar-refractivity contribution < 1.29 is 33.5 Å². The largest absolute Gasteiger partial charge is 0.444 e. The van der Waals surface area contributed by atoms with Gasteiger partial charge in [0.05, 0.1) is 25.9 Å². The van der Waals surface area contributed by atoms with Gasteiger partial charge in [-0.1, -0.05) is 36.9 Å². The molecule has 2 bridgehead atoms. The number of nitrogens with zero attached hydrogens (tertiary/aromatic N) is 2. The molecule has 0 aromatic heterocycles. The smallest absolute Gasteiger partial charge is 0.411 e. The van der Waals surface area contributed by atoms with Crippen LogP contribution in [0, 0.1) is 0 Å². The molecule has 11 heteroatoms. The second kappa shape index (κ2) is 12.0. The van der Waals surface area contributed by atoms with Gasteiger partial charge in [0.2, 0.25) is 0 Å². The molecular formula is C24H34N4O7. The van der Waals surface area contributed by atoms with Crippen LogP contribution in [0.1, 0.15) is 39.2 Å². The molecule has 2 saturated heterocycles. The highest BCUT2D eigenvalue weighted by molar-refractivity contribution is 5.88. The summed E-state index contributed by atoms with van der Waals surface area (Å²) in [5.74, 6) is -0.391. The van der Waals surface area contributed by atoms with Crippen LogP contribution in [0.5, 0.6) is 0 Å². The van der Waals surface area contributed by atoms with Gasteiger partial charge in [-0.15, -0.1) is 0 Å². The number of urea groups is 1. The first-order valence-corrected chi connectivity index (χ1v) is 11.6. The Morgan fingerprint density at radius 2 is 1.89 bits per heavy atom. The van der Waals surface area contributed by atoms with E-state index in [1.54, 1.807) is 20.8 Å². The van der Waals surface area contributed by atoms with E-state index in [2.05, 4.69) is 17.4 Å². The van der Waals surface area contributed by atoms with Crippen LogP contribution in [0.3, 0.4) is 0 Å². The van der Waals surface area contributed by atoms with Crippen molar-refractivity contribution >= 4 is 18.0 Å². The number of alkyl carbamates (subject to hydrolysis) is 1. The van der Waals surface area contributed by atoms with E-state index < -0.39 is 23.6 Å². The van der Waals surface area contributed by atoms with Gasteiger partial charge in [-0.05, 0) is 39.2 Å². The zero-order valence-corrected chi connectivity index (χ0v) is 20.5. The maximum absolute atomic E-state index is 12.8. The number of piperidine rings is 1. The van der Waals surface area contributed by atoms with E-state index in [4.69, 9.17) is 19.1 Å². The minimum Gasteiger partial charge on any atom is -0.444 e. The number of ether oxygens (including phenoxy) is 2. The minimum absolute atomic E-state index is 0.0711. The second-order valence-corrected chi connectivity index (χ2v) is 9.36. The molecule has 0 aliphatic carbocycles. The van der Waals surface area contributed by atoms with Crippen molar-refractivity contribution in [2.75, 3.05) is 26.4 Å². The molecular weight excluding hydrogens is 456 g/mol. The number of hydrogen-bond acceptors (Lipinski definition) is 7. The molecule has 0 unspecified atom stereocenters. The highest BCUT2D eigenvalue weighted by Gasteiger charge is 2.48. The summed E-state index contributed by atoms with van der Waals surface area (Å²) in [6, 6.07) is 8.58. The van der Waals surface area contributed by atoms with Gasteiger partial charge in [-0.25, -0.2) is 15.1 Å². The fourth-order valence-corrected chi connectivity index (χ4v) is 3.76. The molecule has 11 nitrogen and oxygen atoms in total. The van der Waals surface area contributed by atoms with Crippen LogP contribution in [0.4, 0.5) is 9.59 Å². The molecule has 2 aliphatic rings. The fourth-order valence-electron chi connectivity index (χ4n) is 3.76. The van der Waals surface area contributed by atoms with Gasteiger partial charge in [0, 0.05) is 12.2 Å². The molecule has 1 aromatic rings. The average molecular weight is 491 g/mol. The number of rotatable bonds is 11. The lowest BCUT2D eigenvalue weighted by atomic mass is 10.0. The molecule has 35 heavy (non-hydrogen) atoms. The topological polar surface area (TPSA) is 119 Å². The predicted molar refractivity (Wildman–Crippen MR) is 125 cm³/mol. The molecule has 2 aliphatic heterocycles. The number of carbonyl (C=O) groups excluding carboxylic acids is 3. The van der Waals surface area contributed by atoms with Gasteiger partial charge in [-0.3, -0.25) is 19.8 Å². The monoisotopic (exact) mass is 490 g/mol. The second-order valence-electron chi connectivity index (χ2n) is 9.36. The lowest BCUT2D eigenvalue weighted by molar-refractivity contribution is -0.141. The first-order chi connectivity index (χ1) is 16.6. The number of nitrogens with one attached hydrogen (secondary N) is 2. The SMILES string of the molecule is C=C(COCCONC(=O)[C@@H]1CC[C@@H]2CN1C(=O)N2OCc1ccccc1)NC(=O)OC(C)(C)C. The average Bonchev–Trinajstić information content (AvgIpc) is 3.03. The Kier molecular flexibility index (Phi) is 9.07. The van der Waals surface area contributed by atoms with E-state index in [0.29, 0.717) is 25.1 Å². The van der Waals surface area contributed by atoms with E-state index in [-0.39, 0.29) is 38.5 Å². The number of amides is 4. The van der Waals surface area contributed by atoms with Crippen molar-refractivity contribution in [3.63, 3.8) is 0 Å². The number of fused-ring (bicyclic) bond motifs is 2. The maximum atomic E-state index is 12.8. The number of hydroxylamine groups is 3. The highest BCUT2D eigenvalue weighted by Crippen LogP contribution is 2.30. The van der Waals surface area contributed by atoms with E-state index in [0.717, 1.165) is 5.56 Å². The predicted octanol–water partition coefficient (Wildman–Crippen LogP) is 2.49. The Morgan fingerprint density at radius 3 is 2.60 bits per heavy atom. The lowest BCUT2D eigenvalue weighted by Gasteiger charge is -2.28. The third-order valence-corrected chi connectivity index (χ3v) is 5.30. The van der Waals surface area contributed by atoms with Crippen LogP contribution in [-0.2, 0) is 30.6 Å². The zero-order chi connectivity index (χ0) is 25.4. The molecule has 2 N–H and O–H groups in total. The summed E-state index contributed by atoms with van der Waals surface area (Å²) in [5.41, 5.74) is 3.09. The van der Waals surface area contributed by atoms with Crippen LogP contribution in [0.25, 0.3) is 0 Å². The van der Waals surface area contributed by atoms with Crippen LogP contribution in [0.2, 0.25) is 0 Å². The van der Waals surface area contributed by atoms with Crippen LogP contribution in [-0.4, -0.2) is 72.0 Å². The van der Waals surface area contributed by atoms with Crippen molar-refractivity contribution in [1.82, 2.24) is 20.8 Å². The van der Waals surface area contributed by atoms with Gasteiger partial charge in [0.25, 0.3) is 5.91 Å². The molecule has 0 spiro atoms. The van der Waals surface area contributed by atoms with Crippen molar-refractivity contribution in [3.05, 3.63) is 48.2 Å².